The summed E-state index contributed by atoms with van der Waals surface area (Å²) in [6, 6.07) is 13.8. The van der Waals surface area contributed by atoms with Crippen LogP contribution in [-0.2, 0) is 25.5 Å². The minimum absolute atomic E-state index is 0.0830. The third-order valence-corrected chi connectivity index (χ3v) is 9.02. The van der Waals surface area contributed by atoms with Crippen LogP contribution in [0.1, 0.15) is 37.7 Å². The largest absolute Gasteiger partial charge is 0.497 e. The van der Waals surface area contributed by atoms with Crippen molar-refractivity contribution in [3.63, 3.8) is 0 Å². The second kappa shape index (κ2) is 10.9. The van der Waals surface area contributed by atoms with Crippen molar-refractivity contribution >= 4 is 35.0 Å². The summed E-state index contributed by atoms with van der Waals surface area (Å²) >= 11 is 6.06. The van der Waals surface area contributed by atoms with Crippen molar-refractivity contribution in [1.29, 1.82) is 0 Å². The Labute approximate surface area is 239 Å². The van der Waals surface area contributed by atoms with E-state index in [2.05, 4.69) is 10.6 Å². The molecule has 40 heavy (non-hydrogen) atoms. The van der Waals surface area contributed by atoms with Gasteiger partial charge in [0.25, 0.3) is 0 Å². The van der Waals surface area contributed by atoms with Crippen LogP contribution in [0, 0.1) is 11.8 Å². The van der Waals surface area contributed by atoms with Crippen LogP contribution in [0.4, 0.5) is 5.69 Å². The summed E-state index contributed by atoms with van der Waals surface area (Å²) in [4.78, 5) is 43.4. The van der Waals surface area contributed by atoms with Crippen LogP contribution in [0.2, 0.25) is 5.02 Å². The van der Waals surface area contributed by atoms with E-state index in [0.29, 0.717) is 29.4 Å². The minimum atomic E-state index is -1.18. The Morgan fingerprint density at radius 3 is 2.62 bits per heavy atom. The van der Waals surface area contributed by atoms with Gasteiger partial charge in [0.1, 0.15) is 17.4 Å². The highest BCUT2D eigenvalue weighted by molar-refractivity contribution is 6.30. The molecule has 2 saturated heterocycles. The van der Waals surface area contributed by atoms with Crippen molar-refractivity contribution in [2.45, 2.75) is 62.3 Å². The number of carbonyl (C=O) groups is 3. The van der Waals surface area contributed by atoms with Gasteiger partial charge >= 0.3 is 0 Å². The molecule has 1 aliphatic carbocycles. The van der Waals surface area contributed by atoms with Gasteiger partial charge in [0.05, 0.1) is 25.0 Å². The van der Waals surface area contributed by atoms with E-state index < -0.39 is 29.6 Å². The van der Waals surface area contributed by atoms with E-state index in [1.807, 2.05) is 36.4 Å². The van der Waals surface area contributed by atoms with E-state index in [9.17, 15) is 14.4 Å². The van der Waals surface area contributed by atoms with Crippen LogP contribution in [-0.4, -0.2) is 60.1 Å². The molecule has 6 rings (SSSR count). The van der Waals surface area contributed by atoms with Gasteiger partial charge in [-0.05, 0) is 49.1 Å². The molecule has 1 spiro atoms. The molecule has 2 aromatic carbocycles. The summed E-state index contributed by atoms with van der Waals surface area (Å²) in [5, 5.41) is 6.81. The molecule has 4 aliphatic rings. The van der Waals surface area contributed by atoms with Gasteiger partial charge in [-0.1, -0.05) is 61.2 Å². The van der Waals surface area contributed by atoms with Gasteiger partial charge in [0.15, 0.2) is 0 Å². The highest BCUT2D eigenvalue weighted by Crippen LogP contribution is 2.55. The zero-order valence-corrected chi connectivity index (χ0v) is 23.2. The first-order valence-corrected chi connectivity index (χ1v) is 14.4. The van der Waals surface area contributed by atoms with Crippen molar-refractivity contribution in [2.75, 3.05) is 19.0 Å². The van der Waals surface area contributed by atoms with Crippen LogP contribution >= 0.6 is 11.6 Å². The predicted molar refractivity (Wildman–Crippen MR) is 151 cm³/mol. The quantitative estimate of drug-likeness (QED) is 0.471. The number of anilines is 1. The van der Waals surface area contributed by atoms with Crippen molar-refractivity contribution in [3.05, 3.63) is 71.3 Å². The molecule has 9 heteroatoms. The molecule has 5 atom stereocenters. The minimum Gasteiger partial charge on any atom is -0.497 e. The molecule has 3 fully saturated rings. The zero-order valence-electron chi connectivity index (χ0n) is 22.5. The first-order valence-electron chi connectivity index (χ1n) is 14.1. The molecule has 1 saturated carbocycles. The molecule has 2 aromatic rings. The number of ether oxygens (including phenoxy) is 2. The molecule has 2 N–H and O–H groups in total. The Hall–Kier alpha value is -3.36. The molecule has 0 aromatic heterocycles. The summed E-state index contributed by atoms with van der Waals surface area (Å²) in [7, 11) is 1.56. The molecule has 8 nitrogen and oxygen atoms in total. The topological polar surface area (TPSA) is 97.0 Å². The van der Waals surface area contributed by atoms with E-state index in [-0.39, 0.29) is 23.8 Å². The van der Waals surface area contributed by atoms with E-state index in [0.717, 1.165) is 31.2 Å². The lowest BCUT2D eigenvalue weighted by molar-refractivity contribution is -0.141. The molecule has 3 heterocycles. The third kappa shape index (κ3) is 4.77. The Morgan fingerprint density at radius 2 is 1.88 bits per heavy atom. The summed E-state index contributed by atoms with van der Waals surface area (Å²) in [5.41, 5.74) is 0.393. The van der Waals surface area contributed by atoms with Gasteiger partial charge in [-0.25, -0.2) is 0 Å². The van der Waals surface area contributed by atoms with Crippen LogP contribution in [0.15, 0.2) is 60.7 Å². The molecule has 3 amide bonds. The maximum atomic E-state index is 14.1. The maximum Gasteiger partial charge on any atom is 0.246 e. The number of methoxy groups -OCH3 is 1. The predicted octanol–water partition coefficient (Wildman–Crippen LogP) is 4.13. The number of rotatable bonds is 8. The number of fused-ring (bicyclic) bond motifs is 1. The van der Waals surface area contributed by atoms with Crippen LogP contribution < -0.4 is 15.4 Å². The zero-order chi connectivity index (χ0) is 27.9. The van der Waals surface area contributed by atoms with Gasteiger partial charge in [-0.15, -0.1) is 0 Å². The number of amides is 3. The highest BCUT2D eigenvalue weighted by atomic mass is 35.5. The average molecular weight is 564 g/mol. The number of benzene rings is 2. The number of nitrogens with one attached hydrogen (secondary N) is 2. The molecule has 3 aliphatic heterocycles. The van der Waals surface area contributed by atoms with Gasteiger partial charge < -0.3 is 25.0 Å². The molecular formula is C31H34ClN3O5. The Kier molecular flexibility index (Phi) is 7.31. The number of halogens is 1. The van der Waals surface area contributed by atoms with Crippen molar-refractivity contribution in [1.82, 2.24) is 10.2 Å². The number of carbonyl (C=O) groups excluding carboxylic acids is 3. The smallest absolute Gasteiger partial charge is 0.246 e. The Morgan fingerprint density at radius 1 is 1.10 bits per heavy atom. The Bertz CT molecular complexity index is 1320. The maximum absolute atomic E-state index is 14.1. The lowest BCUT2D eigenvalue weighted by Gasteiger charge is -2.34. The first kappa shape index (κ1) is 26.8. The normalized spacial score (nSPS) is 28.9. The number of nitrogens with zero attached hydrogens (tertiary/aromatic N) is 1. The lowest BCUT2D eigenvalue weighted by atomic mass is 9.74. The van der Waals surface area contributed by atoms with Gasteiger partial charge in [0.2, 0.25) is 17.7 Å². The first-order chi connectivity index (χ1) is 19.4. The van der Waals surface area contributed by atoms with E-state index in [4.69, 9.17) is 21.1 Å². The van der Waals surface area contributed by atoms with Gasteiger partial charge in [-0.2, -0.15) is 0 Å². The second-order valence-corrected chi connectivity index (χ2v) is 11.6. The molecule has 3 unspecified atom stereocenters. The monoisotopic (exact) mass is 563 g/mol. The molecule has 0 radical (unpaired) electrons. The lowest BCUT2D eigenvalue weighted by Crippen LogP contribution is -2.56. The van der Waals surface area contributed by atoms with Gasteiger partial charge in [0, 0.05) is 29.4 Å². The van der Waals surface area contributed by atoms with Crippen LogP contribution in [0.25, 0.3) is 0 Å². The SMILES string of the molecule is COc1cccc(NC(=O)C2[C@@H]3C=CC4(O3)C(C(=O)NC3CCCCC3)N(CCc3ccc(Cl)cc3)C(=O)[C@H]24)c1. The number of likely N-dealkylation sites (tertiary alicyclic amines) is 1. The third-order valence-electron chi connectivity index (χ3n) is 8.77. The highest BCUT2D eigenvalue weighted by Gasteiger charge is 2.72. The van der Waals surface area contributed by atoms with E-state index in [1.54, 1.807) is 36.3 Å². The summed E-state index contributed by atoms with van der Waals surface area (Å²) in [6.07, 6.45) is 8.84. The number of hydrogen-bond acceptors (Lipinski definition) is 5. The fourth-order valence-corrected chi connectivity index (χ4v) is 6.99. The molecule has 210 valence electrons. The van der Waals surface area contributed by atoms with E-state index >= 15 is 0 Å². The van der Waals surface area contributed by atoms with E-state index in [1.165, 1.54) is 6.42 Å². The summed E-state index contributed by atoms with van der Waals surface area (Å²) in [6.45, 7) is 0.327. The van der Waals surface area contributed by atoms with Crippen molar-refractivity contribution in [3.8, 4) is 5.75 Å². The van der Waals surface area contributed by atoms with Gasteiger partial charge in [-0.3, -0.25) is 14.4 Å². The van der Waals surface area contributed by atoms with Crippen molar-refractivity contribution < 1.29 is 23.9 Å². The van der Waals surface area contributed by atoms with Crippen molar-refractivity contribution in [2.24, 2.45) is 11.8 Å². The fourth-order valence-electron chi connectivity index (χ4n) is 6.86. The standard InChI is InChI=1S/C31H34ClN3O5/c1-39-23-9-5-8-22(18-23)34-28(36)25-24-14-16-31(40-24)26(25)30(38)35(17-15-19-10-12-20(32)13-11-19)27(31)29(37)33-21-6-3-2-4-7-21/h5,8-14,16,18,21,24-27H,2-4,6-7,15,17H2,1H3,(H,33,37)(H,34,36)/t24-,25?,26-,27?,31?/m0/s1. The average Bonchev–Trinajstić information content (AvgIpc) is 3.60. The Balaban J connectivity index is 1.28. The summed E-state index contributed by atoms with van der Waals surface area (Å²) in [5.74, 6) is -1.68. The summed E-state index contributed by atoms with van der Waals surface area (Å²) < 4.78 is 11.7. The number of hydrogen-bond donors (Lipinski definition) is 2. The molecular weight excluding hydrogens is 530 g/mol. The fraction of sp³-hybridized carbons (Fsp3) is 0.452. The second-order valence-electron chi connectivity index (χ2n) is 11.2. The van der Waals surface area contributed by atoms with Crippen LogP contribution in [0.3, 0.4) is 0 Å². The van der Waals surface area contributed by atoms with Crippen LogP contribution in [0.5, 0.6) is 5.75 Å². The molecule has 2 bridgehead atoms.